The molecule has 5 atom stereocenters. The maximum atomic E-state index is 11.8. The average Bonchev–Trinajstić information content (AvgIpc) is 3.21. The zero-order chi connectivity index (χ0) is 18.6. The van der Waals surface area contributed by atoms with E-state index in [4.69, 9.17) is 9.84 Å². The first kappa shape index (κ1) is 16.7. The van der Waals surface area contributed by atoms with Crippen molar-refractivity contribution in [3.05, 3.63) is 23.0 Å². The van der Waals surface area contributed by atoms with Gasteiger partial charge in [0, 0.05) is 0 Å². The number of aliphatic hydroxyl groups is 1. The molecule has 0 bridgehead atoms. The molecule has 1 aliphatic carbocycles. The van der Waals surface area contributed by atoms with Crippen molar-refractivity contribution in [1.29, 1.82) is 0 Å². The number of imidazole rings is 1. The van der Waals surface area contributed by atoms with Crippen molar-refractivity contribution in [3.63, 3.8) is 0 Å². The maximum absolute atomic E-state index is 11.8. The van der Waals surface area contributed by atoms with E-state index >= 15 is 0 Å². The lowest BCUT2D eigenvalue weighted by Crippen LogP contribution is -2.43. The van der Waals surface area contributed by atoms with Gasteiger partial charge in [-0.25, -0.2) is 14.8 Å². The second-order valence-corrected chi connectivity index (χ2v) is 6.77. The fourth-order valence-electron chi connectivity index (χ4n) is 4.13. The summed E-state index contributed by atoms with van der Waals surface area (Å²) < 4.78 is 7.15. The predicted octanol–water partition coefficient (Wildman–Crippen LogP) is -0.871. The fraction of sp³-hybridized carbons (Fsp3) is 0.533. The molecule has 5 unspecified atom stereocenters. The third-order valence-electron chi connectivity index (χ3n) is 5.24. The van der Waals surface area contributed by atoms with Crippen molar-refractivity contribution >= 4 is 23.1 Å². The number of aromatic amines is 1. The summed E-state index contributed by atoms with van der Waals surface area (Å²) in [6.45, 7) is 0. The second-order valence-electron chi connectivity index (χ2n) is 6.77. The van der Waals surface area contributed by atoms with Crippen molar-refractivity contribution in [2.75, 3.05) is 0 Å². The number of H-pyrrole nitrogens is 1. The van der Waals surface area contributed by atoms with Gasteiger partial charge in [-0.05, 0) is 18.8 Å². The largest absolute Gasteiger partial charge is 0.481 e. The van der Waals surface area contributed by atoms with Gasteiger partial charge in [0.05, 0.1) is 31.2 Å². The molecule has 0 radical (unpaired) electrons. The average molecular weight is 364 g/mol. The molecule has 4 N–H and O–H groups in total. The van der Waals surface area contributed by atoms with Crippen molar-refractivity contribution in [3.8, 4) is 0 Å². The van der Waals surface area contributed by atoms with Crippen LogP contribution in [-0.4, -0.2) is 64.6 Å². The van der Waals surface area contributed by atoms with E-state index in [0.717, 1.165) is 0 Å². The molecule has 11 nitrogen and oxygen atoms in total. The summed E-state index contributed by atoms with van der Waals surface area (Å²) in [4.78, 5) is 44.9. The Kier molecular flexibility index (Phi) is 3.59. The Hall–Kier alpha value is -2.79. The molecule has 0 aromatic carbocycles. The molecule has 138 valence electrons. The van der Waals surface area contributed by atoms with Gasteiger partial charge in [-0.15, -0.1) is 0 Å². The highest BCUT2D eigenvalue weighted by Gasteiger charge is 2.59. The number of carboxylic acid groups (broad SMARTS) is 2. The van der Waals surface area contributed by atoms with Gasteiger partial charge in [-0.3, -0.25) is 9.59 Å². The van der Waals surface area contributed by atoms with Crippen LogP contribution >= 0.6 is 0 Å². The van der Waals surface area contributed by atoms with Gasteiger partial charge in [-0.2, -0.15) is 0 Å². The molecule has 1 saturated carbocycles. The molecule has 2 aromatic rings. The Balaban J connectivity index is 1.64. The van der Waals surface area contributed by atoms with E-state index < -0.39 is 47.8 Å². The number of fused-ring (bicyclic) bond motifs is 2. The lowest BCUT2D eigenvalue weighted by molar-refractivity contribution is -0.175. The number of nitrogens with one attached hydrogen (secondary N) is 1. The van der Waals surface area contributed by atoms with Crippen LogP contribution in [0.1, 0.15) is 25.3 Å². The molecule has 11 heteroatoms. The molecule has 4 rings (SSSR count). The number of aromatic nitrogens is 4. The van der Waals surface area contributed by atoms with Crippen molar-refractivity contribution in [2.45, 2.75) is 43.1 Å². The highest BCUT2D eigenvalue weighted by molar-refractivity contribution is 5.84. The summed E-state index contributed by atoms with van der Waals surface area (Å²) in [6.07, 6.45) is 0.447. The lowest BCUT2D eigenvalue weighted by Gasteiger charge is -2.27. The van der Waals surface area contributed by atoms with Crippen molar-refractivity contribution in [1.82, 2.24) is 19.5 Å². The summed E-state index contributed by atoms with van der Waals surface area (Å²) in [5.41, 5.74) is -1.78. The van der Waals surface area contributed by atoms with Gasteiger partial charge in [0.25, 0.3) is 5.56 Å². The van der Waals surface area contributed by atoms with E-state index in [1.165, 1.54) is 12.7 Å². The number of nitrogens with zero attached hydrogens (tertiary/aromatic N) is 3. The van der Waals surface area contributed by atoms with Crippen molar-refractivity contribution in [2.24, 2.45) is 5.92 Å². The molecule has 26 heavy (non-hydrogen) atoms. The number of ether oxygens (including phenoxy) is 1. The first-order valence-corrected chi connectivity index (χ1v) is 8.04. The van der Waals surface area contributed by atoms with Crippen LogP contribution in [0.5, 0.6) is 0 Å². The van der Waals surface area contributed by atoms with Crippen LogP contribution in [0.2, 0.25) is 0 Å². The summed E-state index contributed by atoms with van der Waals surface area (Å²) in [6, 6.07) is -0.499. The minimum absolute atomic E-state index is 0.00645. The molecule has 0 spiro atoms. The molecular formula is C15H16N4O7. The molecule has 3 heterocycles. The molecule has 2 aromatic heterocycles. The van der Waals surface area contributed by atoms with Crippen LogP contribution in [0, 0.1) is 5.92 Å². The minimum Gasteiger partial charge on any atom is -0.481 e. The first-order chi connectivity index (χ1) is 12.3. The monoisotopic (exact) mass is 364 g/mol. The standard InChI is InChI=1S/C15H16N4O7/c20-8(21)3-15(14(24)25)2-6-1-7(10(22)11(6)26-15)19-5-18-9-12(19)16-4-17-13(9)23/h4-7,10-11,22H,1-3H2,(H,20,21)(H,24,25)(H,16,17,23). The molecule has 1 aliphatic heterocycles. The van der Waals surface area contributed by atoms with Crippen LogP contribution in [-0.2, 0) is 14.3 Å². The topological polar surface area (TPSA) is 168 Å². The van der Waals surface area contributed by atoms with E-state index in [0.29, 0.717) is 12.1 Å². The molecular weight excluding hydrogens is 348 g/mol. The lowest BCUT2D eigenvalue weighted by atomic mass is 9.89. The first-order valence-electron chi connectivity index (χ1n) is 8.04. The zero-order valence-corrected chi connectivity index (χ0v) is 13.4. The Morgan fingerprint density at radius 3 is 2.81 bits per heavy atom. The second kappa shape index (κ2) is 5.61. The zero-order valence-electron chi connectivity index (χ0n) is 13.4. The summed E-state index contributed by atoms with van der Waals surface area (Å²) in [5, 5.41) is 29.1. The quantitative estimate of drug-likeness (QED) is 0.539. The summed E-state index contributed by atoms with van der Waals surface area (Å²) in [7, 11) is 0. The molecule has 0 amide bonds. The summed E-state index contributed by atoms with van der Waals surface area (Å²) in [5.74, 6) is -2.95. The number of carboxylic acids is 2. The Labute approximate surface area is 145 Å². The Morgan fingerprint density at radius 1 is 1.38 bits per heavy atom. The van der Waals surface area contributed by atoms with Gasteiger partial charge in [-0.1, -0.05) is 0 Å². The minimum atomic E-state index is -1.83. The van der Waals surface area contributed by atoms with Gasteiger partial charge in [0.2, 0.25) is 0 Å². The third-order valence-corrected chi connectivity index (χ3v) is 5.24. The van der Waals surface area contributed by atoms with E-state index in [1.54, 1.807) is 4.57 Å². The smallest absolute Gasteiger partial charge is 0.336 e. The van der Waals surface area contributed by atoms with Crippen LogP contribution < -0.4 is 5.56 Å². The van der Waals surface area contributed by atoms with Crippen LogP contribution in [0.3, 0.4) is 0 Å². The highest BCUT2D eigenvalue weighted by Crippen LogP contribution is 2.50. The third kappa shape index (κ3) is 2.31. The maximum Gasteiger partial charge on any atom is 0.336 e. The van der Waals surface area contributed by atoms with Gasteiger partial charge in [0.15, 0.2) is 16.8 Å². The number of hydrogen-bond donors (Lipinski definition) is 4. The number of aliphatic carboxylic acids is 2. The van der Waals surface area contributed by atoms with Gasteiger partial charge in [0.1, 0.15) is 6.10 Å². The van der Waals surface area contributed by atoms with E-state index in [-0.39, 0.29) is 17.9 Å². The van der Waals surface area contributed by atoms with E-state index in [1.807, 2.05) is 0 Å². The van der Waals surface area contributed by atoms with Crippen LogP contribution in [0.4, 0.5) is 0 Å². The molecule has 2 fully saturated rings. The SMILES string of the molecule is O=C(O)CC1(C(=O)O)CC2CC(n3cnc4c(=O)[nH]cnc43)C(O)C2O1. The Morgan fingerprint density at radius 2 is 2.15 bits per heavy atom. The van der Waals surface area contributed by atoms with E-state index in [2.05, 4.69) is 15.0 Å². The predicted molar refractivity (Wildman–Crippen MR) is 83.4 cm³/mol. The van der Waals surface area contributed by atoms with E-state index in [9.17, 15) is 24.6 Å². The van der Waals surface area contributed by atoms with Gasteiger partial charge >= 0.3 is 11.9 Å². The highest BCUT2D eigenvalue weighted by atomic mass is 16.6. The van der Waals surface area contributed by atoms with Crippen LogP contribution in [0.15, 0.2) is 17.4 Å². The fourth-order valence-corrected chi connectivity index (χ4v) is 4.13. The normalized spacial score (nSPS) is 33.4. The Bertz CT molecular complexity index is 953. The number of rotatable bonds is 4. The van der Waals surface area contributed by atoms with Gasteiger partial charge < -0.3 is 29.6 Å². The number of aliphatic hydroxyl groups excluding tert-OH is 1. The summed E-state index contributed by atoms with van der Waals surface area (Å²) >= 11 is 0. The number of hydrogen-bond acceptors (Lipinski definition) is 7. The van der Waals surface area contributed by atoms with Crippen molar-refractivity contribution < 1.29 is 29.6 Å². The number of carbonyl (C=O) groups is 2. The molecule has 2 aliphatic rings. The van der Waals surface area contributed by atoms with Crippen LogP contribution in [0.25, 0.3) is 11.2 Å². The molecule has 1 saturated heterocycles.